The van der Waals surface area contributed by atoms with Gasteiger partial charge in [0.15, 0.2) is 0 Å². The highest BCUT2D eigenvalue weighted by molar-refractivity contribution is 7.17. The van der Waals surface area contributed by atoms with Crippen molar-refractivity contribution in [3.05, 3.63) is 83.7 Å². The van der Waals surface area contributed by atoms with Crippen molar-refractivity contribution in [2.45, 2.75) is 32.2 Å². The molecule has 2 heterocycles. The lowest BCUT2D eigenvalue weighted by Crippen LogP contribution is -2.38. The Labute approximate surface area is 212 Å². The van der Waals surface area contributed by atoms with Crippen LogP contribution < -0.4 is 19.7 Å². The third-order valence-corrected chi connectivity index (χ3v) is 6.33. The van der Waals surface area contributed by atoms with Gasteiger partial charge >= 0.3 is 5.85 Å². The Hall–Kier alpha value is -3.25. The molecule has 1 N–H and O–H groups in total. The van der Waals surface area contributed by atoms with Crippen LogP contribution in [0.1, 0.15) is 34.3 Å². The van der Waals surface area contributed by atoms with E-state index in [1.165, 1.54) is 27.1 Å². The van der Waals surface area contributed by atoms with Gasteiger partial charge in [-0.1, -0.05) is 18.2 Å². The molecule has 36 heavy (non-hydrogen) atoms. The lowest BCUT2D eigenvalue weighted by Gasteiger charge is -2.33. The Balaban J connectivity index is 1.27. The van der Waals surface area contributed by atoms with E-state index in [1.54, 1.807) is 24.3 Å². The fourth-order valence-electron chi connectivity index (χ4n) is 4.16. The topological polar surface area (TPSA) is 63.7 Å². The monoisotopic (exact) mass is 513 g/mol. The second kappa shape index (κ2) is 11.7. The number of aromatic nitrogens is 1. The Kier molecular flexibility index (Phi) is 8.36. The molecule has 1 aliphatic heterocycles. The van der Waals surface area contributed by atoms with Gasteiger partial charge in [0.05, 0.1) is 0 Å². The van der Waals surface area contributed by atoms with Crippen LogP contribution in [0.2, 0.25) is 0 Å². The molecule has 1 unspecified atom stereocenters. The number of hydrogen-bond acceptors (Lipinski definition) is 5. The Morgan fingerprint density at radius 3 is 2.47 bits per heavy atom. The maximum atomic E-state index is 12.9. The number of rotatable bonds is 9. The molecule has 1 atom stereocenters. The molecule has 190 valence electrons. The van der Waals surface area contributed by atoms with Crippen molar-refractivity contribution in [1.29, 1.82) is 0 Å². The van der Waals surface area contributed by atoms with Gasteiger partial charge in [0.1, 0.15) is 18.1 Å². The molecule has 3 aromatic rings. The van der Waals surface area contributed by atoms with Crippen LogP contribution in [0.4, 0.5) is 14.5 Å². The summed E-state index contributed by atoms with van der Waals surface area (Å²) in [5, 5.41) is 3.07. The molecule has 0 bridgehead atoms. The van der Waals surface area contributed by atoms with Crippen LogP contribution in [-0.4, -0.2) is 36.4 Å². The summed E-state index contributed by atoms with van der Waals surface area (Å²) in [6.07, 6.45) is 5.65. The van der Waals surface area contributed by atoms with Gasteiger partial charge < -0.3 is 19.7 Å². The number of piperidine rings is 1. The zero-order valence-electron chi connectivity index (χ0n) is 20.1. The van der Waals surface area contributed by atoms with Gasteiger partial charge in [-0.25, -0.2) is 0 Å². The van der Waals surface area contributed by atoms with E-state index < -0.39 is 5.85 Å². The average Bonchev–Trinajstić information content (AvgIpc) is 2.87. The minimum Gasteiger partial charge on any atom is -0.489 e. The number of hydrogen-bond donors (Lipinski definition) is 1. The molecular formula is C27H30F2N3O3P. The maximum Gasteiger partial charge on any atom is 0.408 e. The van der Waals surface area contributed by atoms with Gasteiger partial charge in [-0.15, -0.1) is 0 Å². The number of anilines is 1. The molecule has 2 aromatic carbocycles. The largest absolute Gasteiger partial charge is 0.489 e. The summed E-state index contributed by atoms with van der Waals surface area (Å²) in [5.41, 5.74) is 3.42. The fraction of sp³-hybridized carbons (Fsp3) is 0.333. The molecule has 0 aliphatic carbocycles. The van der Waals surface area contributed by atoms with E-state index in [2.05, 4.69) is 19.9 Å². The van der Waals surface area contributed by atoms with Gasteiger partial charge in [0.2, 0.25) is 0 Å². The molecule has 0 radical (unpaired) electrons. The van der Waals surface area contributed by atoms with Gasteiger partial charge in [0, 0.05) is 43.3 Å². The molecule has 1 aromatic heterocycles. The molecule has 9 heteroatoms. The van der Waals surface area contributed by atoms with Crippen molar-refractivity contribution in [1.82, 2.24) is 10.3 Å². The van der Waals surface area contributed by atoms with Crippen LogP contribution in [-0.2, 0) is 6.61 Å². The molecule has 1 fully saturated rings. The number of alkyl halides is 2. The molecule has 6 nitrogen and oxygen atoms in total. The standard InChI is InChI=1S/C27H30F2N3O3P/c1-19-2-5-22(16-25(19)34-18-21-3-6-24(7-4-21)35-27(28,29)36)26(33)31-17-20-10-14-32(15-11-20)23-8-12-30-13-9-23/h2-9,12-13,16,20H,10-11,14-15,17-18,36H2,1H3,(H,31,33). The van der Waals surface area contributed by atoms with Crippen LogP contribution in [0.3, 0.4) is 0 Å². The Morgan fingerprint density at radius 1 is 1.11 bits per heavy atom. The summed E-state index contributed by atoms with van der Waals surface area (Å²) in [7, 11) is 1.34. The zero-order chi connectivity index (χ0) is 25.5. The molecule has 0 spiro atoms. The number of carbonyl (C=O) groups excluding carboxylic acids is 1. The molecule has 1 saturated heterocycles. The number of halogens is 2. The van der Waals surface area contributed by atoms with Crippen LogP contribution in [0.5, 0.6) is 11.5 Å². The molecule has 4 rings (SSSR count). The lowest BCUT2D eigenvalue weighted by molar-refractivity contribution is -0.0892. The summed E-state index contributed by atoms with van der Waals surface area (Å²) >= 11 is 0. The fourth-order valence-corrected chi connectivity index (χ4v) is 4.29. The number of aryl methyl sites for hydroxylation is 1. The second-order valence-electron chi connectivity index (χ2n) is 8.92. The molecular weight excluding hydrogens is 483 g/mol. The number of nitrogens with zero attached hydrogens (tertiary/aromatic N) is 2. The SMILES string of the molecule is Cc1ccc(C(=O)NCC2CCN(c3ccncc3)CC2)cc1OCc1ccc(OC(F)(F)P)cc1. The van der Waals surface area contributed by atoms with E-state index >= 15 is 0 Å². The predicted octanol–water partition coefficient (Wildman–Crippen LogP) is 5.42. The van der Waals surface area contributed by atoms with Crippen LogP contribution >= 0.6 is 9.24 Å². The normalized spacial score (nSPS) is 14.4. The summed E-state index contributed by atoms with van der Waals surface area (Å²) < 4.78 is 36.3. The zero-order valence-corrected chi connectivity index (χ0v) is 21.3. The second-order valence-corrected chi connectivity index (χ2v) is 9.59. The van der Waals surface area contributed by atoms with Crippen molar-refractivity contribution >= 4 is 20.8 Å². The van der Waals surface area contributed by atoms with Crippen LogP contribution in [0.25, 0.3) is 0 Å². The summed E-state index contributed by atoms with van der Waals surface area (Å²) in [4.78, 5) is 19.2. The number of amides is 1. The first-order chi connectivity index (χ1) is 17.3. The Bertz CT molecular complexity index is 1150. The molecule has 1 amide bonds. The van der Waals surface area contributed by atoms with Crippen molar-refractivity contribution in [2.24, 2.45) is 5.92 Å². The highest BCUT2D eigenvalue weighted by Gasteiger charge is 2.23. The van der Waals surface area contributed by atoms with Gasteiger partial charge in [-0.05, 0) is 82.4 Å². The van der Waals surface area contributed by atoms with E-state index in [4.69, 9.17) is 4.74 Å². The molecule has 1 aliphatic rings. The van der Waals surface area contributed by atoms with Crippen LogP contribution in [0.15, 0.2) is 67.0 Å². The minimum absolute atomic E-state index is 0.0663. The first-order valence-electron chi connectivity index (χ1n) is 11.9. The number of ether oxygens (including phenoxy) is 2. The van der Waals surface area contributed by atoms with E-state index in [0.717, 1.165) is 37.1 Å². The number of nitrogens with one attached hydrogen (secondary N) is 1. The number of carbonyl (C=O) groups is 1. The smallest absolute Gasteiger partial charge is 0.408 e. The first kappa shape index (κ1) is 25.8. The minimum atomic E-state index is -3.31. The van der Waals surface area contributed by atoms with Crippen molar-refractivity contribution in [2.75, 3.05) is 24.5 Å². The third-order valence-electron chi connectivity index (χ3n) is 6.22. The van der Waals surface area contributed by atoms with E-state index in [1.807, 2.05) is 37.5 Å². The van der Waals surface area contributed by atoms with E-state index in [-0.39, 0.29) is 18.3 Å². The van der Waals surface area contributed by atoms with E-state index in [9.17, 15) is 13.6 Å². The first-order valence-corrected chi connectivity index (χ1v) is 12.5. The van der Waals surface area contributed by atoms with Crippen LogP contribution in [0, 0.1) is 12.8 Å². The maximum absolute atomic E-state index is 12.9. The lowest BCUT2D eigenvalue weighted by atomic mass is 9.96. The van der Waals surface area contributed by atoms with Crippen molar-refractivity contribution in [3.63, 3.8) is 0 Å². The highest BCUT2D eigenvalue weighted by atomic mass is 31.0. The van der Waals surface area contributed by atoms with Gasteiger partial charge in [-0.3, -0.25) is 9.78 Å². The summed E-state index contributed by atoms with van der Waals surface area (Å²) in [5.74, 6) is -2.34. The van der Waals surface area contributed by atoms with Crippen molar-refractivity contribution < 1.29 is 23.0 Å². The summed E-state index contributed by atoms with van der Waals surface area (Å²) in [6, 6.07) is 15.7. The predicted molar refractivity (Wildman–Crippen MR) is 139 cm³/mol. The number of benzene rings is 2. The molecule has 0 saturated carbocycles. The average molecular weight is 514 g/mol. The van der Waals surface area contributed by atoms with Crippen molar-refractivity contribution in [3.8, 4) is 11.5 Å². The third kappa shape index (κ3) is 7.37. The quantitative estimate of drug-likeness (QED) is 0.387. The summed E-state index contributed by atoms with van der Waals surface area (Å²) in [6.45, 7) is 4.70. The Morgan fingerprint density at radius 2 is 1.81 bits per heavy atom. The highest BCUT2D eigenvalue weighted by Crippen LogP contribution is 2.28. The van der Waals surface area contributed by atoms with Gasteiger partial charge in [-0.2, -0.15) is 8.78 Å². The van der Waals surface area contributed by atoms with E-state index in [0.29, 0.717) is 23.8 Å². The number of pyridine rings is 1. The van der Waals surface area contributed by atoms with Gasteiger partial charge in [0.25, 0.3) is 5.91 Å².